The normalized spacial score (nSPS) is 22.4. The highest BCUT2D eigenvalue weighted by atomic mass is 35.5. The summed E-state index contributed by atoms with van der Waals surface area (Å²) in [6.45, 7) is 6.36. The molecule has 1 heterocycles. The molecule has 0 bridgehead atoms. The summed E-state index contributed by atoms with van der Waals surface area (Å²) in [5, 5.41) is 5.19. The maximum Gasteiger partial charge on any atom is 0.0505 e. The SMILES string of the molecule is CCCNC(c1cc(Cl)ccc1Cl)C1CN(C)CCN1C. The number of piperazine rings is 1. The van der Waals surface area contributed by atoms with Gasteiger partial charge in [0.1, 0.15) is 0 Å². The van der Waals surface area contributed by atoms with Gasteiger partial charge in [0.05, 0.1) is 6.04 Å². The molecule has 2 unspecified atom stereocenters. The number of halogens is 2. The molecule has 21 heavy (non-hydrogen) atoms. The van der Waals surface area contributed by atoms with Gasteiger partial charge in [0, 0.05) is 35.7 Å². The Morgan fingerprint density at radius 3 is 2.76 bits per heavy atom. The molecule has 1 saturated heterocycles. The van der Waals surface area contributed by atoms with E-state index in [-0.39, 0.29) is 6.04 Å². The van der Waals surface area contributed by atoms with E-state index in [1.54, 1.807) is 0 Å². The monoisotopic (exact) mass is 329 g/mol. The lowest BCUT2D eigenvalue weighted by Gasteiger charge is -2.42. The third kappa shape index (κ3) is 4.33. The number of hydrogen-bond acceptors (Lipinski definition) is 3. The van der Waals surface area contributed by atoms with Crippen LogP contribution in [0.15, 0.2) is 18.2 Å². The van der Waals surface area contributed by atoms with Crippen LogP contribution in [0.2, 0.25) is 10.0 Å². The van der Waals surface area contributed by atoms with Gasteiger partial charge in [0.2, 0.25) is 0 Å². The standard InChI is InChI=1S/C16H25Cl2N3/c1-4-7-19-16(13-10-12(17)5-6-14(13)18)15-11-20(2)8-9-21(15)3/h5-6,10,15-16,19H,4,7-9,11H2,1-3H3. The molecule has 1 fully saturated rings. The Kier molecular flexibility index (Phi) is 6.33. The Bertz CT molecular complexity index is 467. The van der Waals surface area contributed by atoms with Crippen molar-refractivity contribution in [2.45, 2.75) is 25.4 Å². The number of benzene rings is 1. The van der Waals surface area contributed by atoms with E-state index in [9.17, 15) is 0 Å². The number of nitrogens with one attached hydrogen (secondary N) is 1. The third-order valence-electron chi connectivity index (χ3n) is 4.19. The number of hydrogen-bond donors (Lipinski definition) is 1. The van der Waals surface area contributed by atoms with Crippen molar-refractivity contribution >= 4 is 23.2 Å². The highest BCUT2D eigenvalue weighted by Crippen LogP contribution is 2.31. The molecule has 1 N–H and O–H groups in total. The summed E-state index contributed by atoms with van der Waals surface area (Å²) in [6.07, 6.45) is 1.10. The van der Waals surface area contributed by atoms with Crippen molar-refractivity contribution in [1.82, 2.24) is 15.1 Å². The number of rotatable bonds is 5. The Hall–Kier alpha value is -0.320. The summed E-state index contributed by atoms with van der Waals surface area (Å²) < 4.78 is 0. The van der Waals surface area contributed by atoms with Gasteiger partial charge < -0.3 is 10.2 Å². The Labute approximate surface area is 138 Å². The first kappa shape index (κ1) is 17.0. The average molecular weight is 330 g/mol. The van der Waals surface area contributed by atoms with Gasteiger partial charge in [-0.25, -0.2) is 0 Å². The summed E-state index contributed by atoms with van der Waals surface area (Å²) in [4.78, 5) is 4.80. The molecule has 2 rings (SSSR count). The number of likely N-dealkylation sites (N-methyl/N-ethyl adjacent to an activating group) is 2. The van der Waals surface area contributed by atoms with Crippen LogP contribution in [0.5, 0.6) is 0 Å². The molecule has 1 aromatic rings. The molecular weight excluding hydrogens is 305 g/mol. The zero-order valence-corrected chi connectivity index (χ0v) is 14.6. The minimum atomic E-state index is 0.198. The second-order valence-corrected chi connectivity index (χ2v) is 6.75. The predicted octanol–water partition coefficient (Wildman–Crippen LogP) is 3.28. The molecule has 1 aliphatic rings. The fraction of sp³-hybridized carbons (Fsp3) is 0.625. The van der Waals surface area contributed by atoms with Gasteiger partial charge in [0.15, 0.2) is 0 Å². The maximum atomic E-state index is 6.44. The smallest absolute Gasteiger partial charge is 0.0505 e. The summed E-state index contributed by atoms with van der Waals surface area (Å²) >= 11 is 12.6. The van der Waals surface area contributed by atoms with Crippen LogP contribution in [-0.4, -0.2) is 56.1 Å². The fourth-order valence-electron chi connectivity index (χ4n) is 2.91. The summed E-state index contributed by atoms with van der Waals surface area (Å²) in [6, 6.07) is 6.34. The fourth-order valence-corrected chi connectivity index (χ4v) is 3.33. The van der Waals surface area contributed by atoms with Gasteiger partial charge in [0.25, 0.3) is 0 Å². The topological polar surface area (TPSA) is 18.5 Å². The Morgan fingerprint density at radius 2 is 2.05 bits per heavy atom. The Balaban J connectivity index is 2.30. The Morgan fingerprint density at radius 1 is 1.29 bits per heavy atom. The van der Waals surface area contributed by atoms with Crippen molar-refractivity contribution in [2.75, 3.05) is 40.3 Å². The second kappa shape index (κ2) is 7.80. The molecule has 118 valence electrons. The van der Waals surface area contributed by atoms with Crippen LogP contribution in [0, 0.1) is 0 Å². The largest absolute Gasteiger partial charge is 0.309 e. The van der Waals surface area contributed by atoms with Crippen molar-refractivity contribution in [3.05, 3.63) is 33.8 Å². The van der Waals surface area contributed by atoms with Crippen molar-refractivity contribution < 1.29 is 0 Å². The van der Waals surface area contributed by atoms with Crippen LogP contribution in [0.4, 0.5) is 0 Å². The van der Waals surface area contributed by atoms with Gasteiger partial charge in [-0.15, -0.1) is 0 Å². The van der Waals surface area contributed by atoms with E-state index in [1.807, 2.05) is 18.2 Å². The predicted molar refractivity (Wildman–Crippen MR) is 91.4 cm³/mol. The molecule has 3 nitrogen and oxygen atoms in total. The van der Waals surface area contributed by atoms with Crippen LogP contribution < -0.4 is 5.32 Å². The summed E-state index contributed by atoms with van der Waals surface area (Å²) in [5.41, 5.74) is 1.10. The first-order chi connectivity index (χ1) is 10.0. The molecule has 0 aromatic heterocycles. The molecule has 0 aliphatic carbocycles. The number of nitrogens with zero attached hydrogens (tertiary/aromatic N) is 2. The molecule has 0 saturated carbocycles. The molecular formula is C16H25Cl2N3. The van der Waals surface area contributed by atoms with Crippen LogP contribution in [0.3, 0.4) is 0 Å². The minimum absolute atomic E-state index is 0.198. The first-order valence-corrected chi connectivity index (χ1v) is 8.35. The molecule has 2 atom stereocenters. The van der Waals surface area contributed by atoms with E-state index in [0.29, 0.717) is 6.04 Å². The molecule has 5 heteroatoms. The molecule has 0 spiro atoms. The lowest BCUT2D eigenvalue weighted by atomic mass is 9.96. The lowest BCUT2D eigenvalue weighted by Crippen LogP contribution is -2.55. The van der Waals surface area contributed by atoms with Gasteiger partial charge in [-0.05, 0) is 50.8 Å². The van der Waals surface area contributed by atoms with Crippen molar-refractivity contribution in [3.8, 4) is 0 Å². The van der Waals surface area contributed by atoms with Gasteiger partial charge in [-0.2, -0.15) is 0 Å². The van der Waals surface area contributed by atoms with E-state index >= 15 is 0 Å². The van der Waals surface area contributed by atoms with E-state index in [4.69, 9.17) is 23.2 Å². The van der Waals surface area contributed by atoms with Gasteiger partial charge in [-0.1, -0.05) is 30.1 Å². The quantitative estimate of drug-likeness (QED) is 0.894. The van der Waals surface area contributed by atoms with E-state index in [1.165, 1.54) is 0 Å². The van der Waals surface area contributed by atoms with Gasteiger partial charge >= 0.3 is 0 Å². The molecule has 0 radical (unpaired) electrons. The van der Waals surface area contributed by atoms with Crippen molar-refractivity contribution in [1.29, 1.82) is 0 Å². The van der Waals surface area contributed by atoms with E-state index in [2.05, 4.69) is 36.1 Å². The van der Waals surface area contributed by atoms with Crippen LogP contribution >= 0.6 is 23.2 Å². The summed E-state index contributed by atoms with van der Waals surface area (Å²) in [5.74, 6) is 0. The van der Waals surface area contributed by atoms with Crippen molar-refractivity contribution in [3.63, 3.8) is 0 Å². The van der Waals surface area contributed by atoms with Crippen LogP contribution in [0.25, 0.3) is 0 Å². The zero-order chi connectivity index (χ0) is 15.4. The maximum absolute atomic E-state index is 6.44. The highest BCUT2D eigenvalue weighted by Gasteiger charge is 2.31. The highest BCUT2D eigenvalue weighted by molar-refractivity contribution is 6.33. The minimum Gasteiger partial charge on any atom is -0.309 e. The molecule has 1 aromatic carbocycles. The lowest BCUT2D eigenvalue weighted by molar-refractivity contribution is 0.0876. The average Bonchev–Trinajstić information content (AvgIpc) is 2.46. The van der Waals surface area contributed by atoms with Gasteiger partial charge in [-0.3, -0.25) is 4.90 Å². The zero-order valence-electron chi connectivity index (χ0n) is 13.1. The summed E-state index contributed by atoms with van der Waals surface area (Å²) in [7, 11) is 4.37. The van der Waals surface area contributed by atoms with E-state index in [0.717, 1.165) is 48.2 Å². The molecule has 0 amide bonds. The van der Waals surface area contributed by atoms with Crippen molar-refractivity contribution in [2.24, 2.45) is 0 Å². The first-order valence-electron chi connectivity index (χ1n) is 7.60. The van der Waals surface area contributed by atoms with Crippen LogP contribution in [0.1, 0.15) is 24.9 Å². The second-order valence-electron chi connectivity index (χ2n) is 5.91. The molecule has 1 aliphatic heterocycles. The van der Waals surface area contributed by atoms with E-state index < -0.39 is 0 Å². The third-order valence-corrected chi connectivity index (χ3v) is 4.77. The van der Waals surface area contributed by atoms with Crippen LogP contribution in [-0.2, 0) is 0 Å².